The molecule has 0 aliphatic heterocycles. The molecule has 0 fully saturated rings. The normalized spacial score (nSPS) is 10.7. The number of Topliss-reactive ketones (excluding diaryl/α,β-unsaturated/α-hetero) is 1. The fourth-order valence-electron chi connectivity index (χ4n) is 4.87. The Kier molecular flexibility index (Phi) is 12.2. The molecule has 6 aromatic heterocycles. The van der Waals surface area contributed by atoms with Gasteiger partial charge in [-0.3, -0.25) is 10.1 Å². The summed E-state index contributed by atoms with van der Waals surface area (Å²) in [4.78, 5) is 48.0. The highest BCUT2D eigenvalue weighted by Crippen LogP contribution is 2.26. The van der Waals surface area contributed by atoms with Crippen LogP contribution < -0.4 is 11.1 Å². The minimum Gasteiger partial charge on any atom is -0.461 e. The number of rotatable bonds is 9. The van der Waals surface area contributed by atoms with Crippen molar-refractivity contribution in [3.8, 4) is 0 Å². The van der Waals surface area contributed by atoms with Gasteiger partial charge in [0, 0.05) is 41.3 Å². The molecule has 2 aromatic carbocycles. The summed E-state index contributed by atoms with van der Waals surface area (Å²) in [5.41, 5.74) is 12.0. The number of anilines is 3. The summed E-state index contributed by atoms with van der Waals surface area (Å²) in [5.74, 6) is -1.14. The van der Waals surface area contributed by atoms with Crippen LogP contribution in [0.25, 0.3) is 22.2 Å². The van der Waals surface area contributed by atoms with Gasteiger partial charge in [0.15, 0.2) is 27.8 Å². The van der Waals surface area contributed by atoms with Gasteiger partial charge in [-0.05, 0) is 79.9 Å². The molecule has 17 heteroatoms. The zero-order valence-corrected chi connectivity index (χ0v) is 31.2. The summed E-state index contributed by atoms with van der Waals surface area (Å²) in [5, 5.41) is 7.59. The van der Waals surface area contributed by atoms with Crippen molar-refractivity contribution in [2.45, 2.75) is 33.6 Å². The first-order chi connectivity index (χ1) is 26.5. The number of pyridine rings is 2. The monoisotopic (exact) mass is 782 g/mol. The molecule has 8 rings (SSSR count). The molecule has 0 saturated carbocycles. The highest BCUT2D eigenvalue weighted by molar-refractivity contribution is 7.14. The Morgan fingerprint density at radius 3 is 2.15 bits per heavy atom. The third-order valence-corrected chi connectivity index (χ3v) is 8.99. The molecule has 13 nitrogen and oxygen atoms in total. The van der Waals surface area contributed by atoms with Gasteiger partial charge in [-0.15, -0.1) is 22.7 Å². The third kappa shape index (κ3) is 10.6. The van der Waals surface area contributed by atoms with Gasteiger partial charge < -0.3 is 19.3 Å². The van der Waals surface area contributed by atoms with Crippen LogP contribution in [-0.2, 0) is 17.6 Å². The summed E-state index contributed by atoms with van der Waals surface area (Å²) < 4.78 is 41.3. The minimum atomic E-state index is -0.609. The number of oxazole rings is 2. The predicted molar refractivity (Wildman–Crippen MR) is 205 cm³/mol. The lowest BCUT2D eigenvalue weighted by atomic mass is 10.1. The second kappa shape index (κ2) is 17.6. The lowest BCUT2D eigenvalue weighted by Crippen LogP contribution is -2.05. The second-order valence-electron chi connectivity index (χ2n) is 11.8. The molecule has 0 unspecified atom stereocenters. The van der Waals surface area contributed by atoms with Crippen LogP contribution in [0, 0.1) is 25.7 Å². The van der Waals surface area contributed by atoms with Crippen molar-refractivity contribution in [2.24, 2.45) is 0 Å². The Morgan fingerprint density at radius 1 is 0.800 bits per heavy atom. The van der Waals surface area contributed by atoms with Crippen LogP contribution in [0.2, 0.25) is 0 Å². The number of hydrogen-bond acceptors (Lipinski definition) is 15. The third-order valence-electron chi connectivity index (χ3n) is 7.38. The second-order valence-corrected chi connectivity index (χ2v) is 13.6. The number of nitrogens with one attached hydrogen (secondary N) is 1. The Balaban J connectivity index is 0.000000158. The maximum atomic E-state index is 13.1. The first kappa shape index (κ1) is 38.3. The SMILES string of the molecule is CCOC(=O)c1csc(Cc2nc3cc(C)ccc3o2)n1.Cc1ccc2oc(Nc3nc(C(=O)Cc4ccnc(F)c4)cs3)nc2c1.Nc1ccnc(F)c1. The molecular formula is C38H32F2N8O5S2. The largest absolute Gasteiger partial charge is 0.461 e. The lowest BCUT2D eigenvalue weighted by molar-refractivity contribution is 0.0520. The topological polar surface area (TPSA) is 185 Å². The molecule has 280 valence electrons. The molecule has 0 atom stereocenters. The number of nitrogen functional groups attached to an aromatic ring is 1. The van der Waals surface area contributed by atoms with Gasteiger partial charge in [-0.25, -0.2) is 29.7 Å². The zero-order valence-electron chi connectivity index (χ0n) is 29.6. The Bertz CT molecular complexity index is 2570. The van der Waals surface area contributed by atoms with Crippen LogP contribution in [0.3, 0.4) is 0 Å². The fraction of sp³-hybridized carbons (Fsp3) is 0.158. The Morgan fingerprint density at radius 2 is 1.47 bits per heavy atom. The maximum Gasteiger partial charge on any atom is 0.357 e. The van der Waals surface area contributed by atoms with E-state index in [0.717, 1.165) is 32.8 Å². The molecule has 0 aliphatic rings. The average Bonchev–Trinajstić information content (AvgIpc) is 3.96. The zero-order chi connectivity index (χ0) is 38.9. The number of aryl methyl sites for hydroxylation is 2. The number of aromatic nitrogens is 6. The van der Waals surface area contributed by atoms with Gasteiger partial charge in [-0.2, -0.15) is 13.8 Å². The molecule has 0 spiro atoms. The van der Waals surface area contributed by atoms with E-state index in [2.05, 4.69) is 35.2 Å². The molecule has 0 radical (unpaired) electrons. The summed E-state index contributed by atoms with van der Waals surface area (Å²) >= 11 is 2.67. The summed E-state index contributed by atoms with van der Waals surface area (Å²) in [6, 6.07) is 17.5. The molecule has 6 heterocycles. The van der Waals surface area contributed by atoms with E-state index in [1.54, 1.807) is 23.8 Å². The molecule has 0 amide bonds. The van der Waals surface area contributed by atoms with Gasteiger partial charge >= 0.3 is 12.0 Å². The number of carbonyl (C=O) groups is 2. The number of hydrogen-bond donors (Lipinski definition) is 2. The first-order valence-electron chi connectivity index (χ1n) is 16.6. The van der Waals surface area contributed by atoms with Crippen molar-refractivity contribution in [1.82, 2.24) is 29.9 Å². The van der Waals surface area contributed by atoms with Crippen molar-refractivity contribution >= 4 is 73.5 Å². The number of nitrogens with two attached hydrogens (primary N) is 1. The molecule has 3 N–H and O–H groups in total. The van der Waals surface area contributed by atoms with Gasteiger partial charge in [-0.1, -0.05) is 12.1 Å². The quantitative estimate of drug-likeness (QED) is 0.0808. The van der Waals surface area contributed by atoms with Crippen molar-refractivity contribution in [3.05, 3.63) is 135 Å². The molecule has 0 saturated heterocycles. The molecule has 0 bridgehead atoms. The lowest BCUT2D eigenvalue weighted by Gasteiger charge is -1.98. The molecular weight excluding hydrogens is 751 g/mol. The highest BCUT2D eigenvalue weighted by Gasteiger charge is 2.16. The van der Waals surface area contributed by atoms with Crippen LogP contribution in [0.1, 0.15) is 55.5 Å². The summed E-state index contributed by atoms with van der Waals surface area (Å²) in [7, 11) is 0. The van der Waals surface area contributed by atoms with E-state index >= 15 is 0 Å². The van der Waals surface area contributed by atoms with Crippen molar-refractivity contribution in [1.29, 1.82) is 0 Å². The Hall–Kier alpha value is -6.46. The fourth-order valence-corrected chi connectivity index (χ4v) is 6.33. The molecule has 55 heavy (non-hydrogen) atoms. The number of ketones is 1. The molecule has 8 aromatic rings. The van der Waals surface area contributed by atoms with E-state index in [1.165, 1.54) is 53.3 Å². The number of thiazole rings is 2. The van der Waals surface area contributed by atoms with E-state index in [1.807, 2.05) is 50.2 Å². The predicted octanol–water partition coefficient (Wildman–Crippen LogP) is 8.46. The number of esters is 1. The van der Waals surface area contributed by atoms with E-state index in [4.69, 9.17) is 19.3 Å². The highest BCUT2D eigenvalue weighted by atomic mass is 32.1. The smallest absolute Gasteiger partial charge is 0.357 e. The van der Waals surface area contributed by atoms with E-state index in [0.29, 0.717) is 58.3 Å². The van der Waals surface area contributed by atoms with Crippen LogP contribution in [-0.4, -0.2) is 48.3 Å². The van der Waals surface area contributed by atoms with Crippen LogP contribution >= 0.6 is 22.7 Å². The number of carbonyl (C=O) groups excluding carboxylic acids is 2. The van der Waals surface area contributed by atoms with Crippen LogP contribution in [0.5, 0.6) is 0 Å². The number of fused-ring (bicyclic) bond motifs is 2. The van der Waals surface area contributed by atoms with Crippen molar-refractivity contribution in [2.75, 3.05) is 17.7 Å². The standard InChI is InChI=1S/C18H13FN4O2S.C15H14N2O3S.C5H5FN2/c1-10-2-3-15-12(6-10)21-17(25-15)23-18-22-13(9-26-18)14(24)7-11-4-5-20-16(19)8-11;1-3-19-15(18)11-8-21-14(17-11)7-13-16-10-6-9(2)4-5-12(10)20-13;6-5-3-4(7)1-2-8-5/h2-6,8-9H,7H2,1H3,(H,21,22,23);4-6,8H,3,7H2,1-2H3;1-3H,(H2,7,8). The van der Waals surface area contributed by atoms with Crippen LogP contribution in [0.4, 0.5) is 25.6 Å². The summed E-state index contributed by atoms with van der Waals surface area (Å²) in [6.07, 6.45) is 3.19. The minimum absolute atomic E-state index is 0.0603. The van der Waals surface area contributed by atoms with Gasteiger partial charge in [0.05, 0.1) is 13.0 Å². The molecule has 0 aliphatic carbocycles. The number of nitrogens with zero attached hydrogens (tertiary/aromatic N) is 6. The number of benzene rings is 2. The van der Waals surface area contributed by atoms with Gasteiger partial charge in [0.2, 0.25) is 17.8 Å². The number of halogens is 2. The van der Waals surface area contributed by atoms with Gasteiger partial charge in [0.1, 0.15) is 21.7 Å². The summed E-state index contributed by atoms with van der Waals surface area (Å²) in [6.45, 7) is 6.11. The van der Waals surface area contributed by atoms with Crippen molar-refractivity contribution in [3.63, 3.8) is 0 Å². The average molecular weight is 783 g/mol. The van der Waals surface area contributed by atoms with Gasteiger partial charge in [0.25, 0.3) is 0 Å². The Labute approximate surface area is 320 Å². The first-order valence-corrected chi connectivity index (χ1v) is 18.3. The van der Waals surface area contributed by atoms with Crippen LogP contribution in [0.15, 0.2) is 92.7 Å². The van der Waals surface area contributed by atoms with E-state index in [9.17, 15) is 18.4 Å². The maximum absolute atomic E-state index is 13.1. The number of ether oxygens (including phenoxy) is 1. The van der Waals surface area contributed by atoms with E-state index in [-0.39, 0.29) is 12.2 Å². The van der Waals surface area contributed by atoms with E-state index < -0.39 is 17.9 Å². The van der Waals surface area contributed by atoms with Crippen molar-refractivity contribution < 1.29 is 31.9 Å².